The molecular formula is C36H45N5O10. The molecule has 1 unspecified atom stereocenters. The highest BCUT2D eigenvalue weighted by Gasteiger charge is 2.46. The second-order valence-electron chi connectivity index (χ2n) is 13.4. The molecule has 6 rings (SSSR count). The number of carbonyl (C=O) groups excluding carboxylic acids is 2. The van der Waals surface area contributed by atoms with Crippen LogP contribution in [-0.2, 0) is 17.7 Å². The van der Waals surface area contributed by atoms with Gasteiger partial charge in [-0.05, 0) is 48.6 Å². The number of hydrogen-bond acceptors (Lipinski definition) is 13. The Morgan fingerprint density at radius 2 is 1.78 bits per heavy atom. The van der Waals surface area contributed by atoms with Crippen LogP contribution < -0.4 is 31.6 Å². The molecule has 11 N–H and O–H groups in total. The van der Waals surface area contributed by atoms with Gasteiger partial charge in [0, 0.05) is 48.0 Å². The summed E-state index contributed by atoms with van der Waals surface area (Å²) in [7, 11) is 2.87. The molecule has 1 saturated carbocycles. The minimum atomic E-state index is -1.79. The number of allylic oxidation sites excluding steroid dienone is 2. The predicted octanol–water partition coefficient (Wildman–Crippen LogP) is 0.210. The third kappa shape index (κ3) is 6.68. The molecule has 15 heteroatoms. The zero-order chi connectivity index (χ0) is 36.6. The lowest BCUT2D eigenvalue weighted by Gasteiger charge is -2.41. The largest absolute Gasteiger partial charge is 0.507 e. The fourth-order valence-electron chi connectivity index (χ4n) is 7.55. The van der Waals surface area contributed by atoms with Crippen molar-refractivity contribution < 1.29 is 49.3 Å². The molecule has 2 fully saturated rings. The molecule has 0 aromatic heterocycles. The summed E-state index contributed by atoms with van der Waals surface area (Å²) in [5, 5.41) is 59.1. The molecular weight excluding hydrogens is 662 g/mol. The average Bonchev–Trinajstić information content (AvgIpc) is 3.13. The second kappa shape index (κ2) is 14.6. The van der Waals surface area contributed by atoms with E-state index in [1.807, 2.05) is 18.4 Å². The van der Waals surface area contributed by atoms with Gasteiger partial charge < -0.3 is 61.8 Å². The van der Waals surface area contributed by atoms with Gasteiger partial charge in [0.2, 0.25) is 12.1 Å². The van der Waals surface area contributed by atoms with Gasteiger partial charge in [-0.25, -0.2) is 0 Å². The number of carbonyl (C=O) groups is 2. The lowest BCUT2D eigenvalue weighted by molar-refractivity contribution is -0.277. The molecule has 4 aliphatic rings. The van der Waals surface area contributed by atoms with E-state index in [4.69, 9.17) is 25.7 Å². The maximum absolute atomic E-state index is 14.5. The maximum atomic E-state index is 14.5. The normalized spacial score (nSPS) is 27.2. The minimum Gasteiger partial charge on any atom is -0.507 e. The van der Waals surface area contributed by atoms with E-state index in [1.165, 1.54) is 26.3 Å². The summed E-state index contributed by atoms with van der Waals surface area (Å²) < 4.78 is 16.9. The van der Waals surface area contributed by atoms with Gasteiger partial charge in [-0.1, -0.05) is 25.3 Å². The number of benzene rings is 2. The molecule has 0 amide bonds. The van der Waals surface area contributed by atoms with Gasteiger partial charge >= 0.3 is 0 Å². The van der Waals surface area contributed by atoms with Crippen LogP contribution in [0.1, 0.15) is 75.1 Å². The van der Waals surface area contributed by atoms with Crippen molar-refractivity contribution in [3.8, 4) is 17.2 Å². The SMILES string of the molecule is CN=C(N)NCc1c(CC2(C3=CNC(N)C=C3)CCCCC2)cc2c(c1O)C(=O)c1c(O[C@@H]3O[C@H](CO)[C@@H](O)[C@H](O)[C@H]3O)cc(OC)cc1C2=O. The Balaban J connectivity index is 1.46. The third-order valence-electron chi connectivity index (χ3n) is 10.4. The Hall–Kier alpha value is -4.51. The molecule has 51 heavy (non-hydrogen) atoms. The monoisotopic (exact) mass is 707 g/mol. The van der Waals surface area contributed by atoms with Crippen LogP contribution in [0.15, 0.2) is 47.1 Å². The van der Waals surface area contributed by atoms with Crippen LogP contribution in [0.3, 0.4) is 0 Å². The fraction of sp³-hybridized carbons (Fsp3) is 0.472. The van der Waals surface area contributed by atoms with Gasteiger partial charge in [0.1, 0.15) is 41.7 Å². The molecule has 0 spiro atoms. The molecule has 274 valence electrons. The van der Waals surface area contributed by atoms with E-state index in [2.05, 4.69) is 15.6 Å². The van der Waals surface area contributed by atoms with E-state index in [1.54, 1.807) is 6.07 Å². The number of fused-ring (bicyclic) bond motifs is 2. The van der Waals surface area contributed by atoms with Crippen molar-refractivity contribution in [2.75, 3.05) is 20.8 Å². The molecule has 1 saturated heterocycles. The number of phenols is 1. The Morgan fingerprint density at radius 3 is 2.43 bits per heavy atom. The molecule has 0 radical (unpaired) electrons. The Kier molecular flexibility index (Phi) is 10.4. The van der Waals surface area contributed by atoms with E-state index in [0.29, 0.717) is 17.5 Å². The van der Waals surface area contributed by atoms with Crippen molar-refractivity contribution in [1.82, 2.24) is 10.6 Å². The number of aliphatic hydroxyl groups is 4. The number of aromatic hydroxyl groups is 1. The summed E-state index contributed by atoms with van der Waals surface area (Å²) in [5.41, 5.74) is 13.2. The van der Waals surface area contributed by atoms with E-state index >= 15 is 0 Å². The number of ketones is 2. The van der Waals surface area contributed by atoms with E-state index in [0.717, 1.165) is 37.7 Å². The first-order valence-electron chi connectivity index (χ1n) is 17.0. The van der Waals surface area contributed by atoms with Crippen LogP contribution in [0.25, 0.3) is 0 Å². The van der Waals surface area contributed by atoms with Crippen LogP contribution >= 0.6 is 0 Å². The highest BCUT2D eigenvalue weighted by molar-refractivity contribution is 6.30. The highest BCUT2D eigenvalue weighted by atomic mass is 16.7. The lowest BCUT2D eigenvalue weighted by Crippen LogP contribution is -2.60. The van der Waals surface area contributed by atoms with E-state index in [-0.39, 0.29) is 57.8 Å². The number of nitrogens with zero attached hydrogens (tertiary/aromatic N) is 1. The van der Waals surface area contributed by atoms with Crippen LogP contribution in [0.2, 0.25) is 0 Å². The molecule has 6 atom stereocenters. The van der Waals surface area contributed by atoms with Gasteiger partial charge in [-0.3, -0.25) is 14.6 Å². The van der Waals surface area contributed by atoms with E-state index < -0.39 is 54.6 Å². The summed E-state index contributed by atoms with van der Waals surface area (Å²) in [4.78, 5) is 32.8. The Morgan fingerprint density at radius 1 is 1.06 bits per heavy atom. The fourth-order valence-corrected chi connectivity index (χ4v) is 7.55. The van der Waals surface area contributed by atoms with E-state index in [9.17, 15) is 35.1 Å². The average molecular weight is 708 g/mol. The minimum absolute atomic E-state index is 0.00310. The molecule has 2 aromatic rings. The number of aliphatic hydroxyl groups excluding tert-OH is 4. The topological polar surface area (TPSA) is 251 Å². The Bertz CT molecular complexity index is 1780. The number of methoxy groups -OCH3 is 1. The zero-order valence-electron chi connectivity index (χ0n) is 28.5. The third-order valence-corrected chi connectivity index (χ3v) is 10.4. The number of guanidine groups is 1. The Labute approximate surface area is 294 Å². The summed E-state index contributed by atoms with van der Waals surface area (Å²) in [5.74, 6) is -1.72. The van der Waals surface area contributed by atoms with Crippen molar-refractivity contribution in [3.05, 3.63) is 75.5 Å². The van der Waals surface area contributed by atoms with Crippen LogP contribution in [0, 0.1) is 5.41 Å². The van der Waals surface area contributed by atoms with Gasteiger partial charge in [0.15, 0.2) is 11.7 Å². The van der Waals surface area contributed by atoms with Crippen LogP contribution in [0.4, 0.5) is 0 Å². The van der Waals surface area contributed by atoms with Crippen LogP contribution in [-0.4, -0.2) is 101 Å². The number of dihydropyridines is 1. The van der Waals surface area contributed by atoms with Crippen LogP contribution in [0.5, 0.6) is 17.2 Å². The van der Waals surface area contributed by atoms with Crippen molar-refractivity contribution in [3.63, 3.8) is 0 Å². The number of hydrogen-bond donors (Lipinski definition) is 9. The summed E-state index contributed by atoms with van der Waals surface area (Å²) >= 11 is 0. The van der Waals surface area contributed by atoms with Gasteiger partial charge in [0.25, 0.3) is 0 Å². The standard InChI is InChI=1S/C36H45N5O10/c1-39-35(38)41-15-22-17(13-36(8-4-3-5-9-36)18-6-7-25(37)40-14-18)10-20-27(29(22)44)31(46)26-21(28(20)43)11-19(49-2)12-23(26)50-34-33(48)32(47)30(45)24(16-42)51-34/h6-7,10-12,14,24-25,30,32-34,40,42,44-45,47-48H,3-5,8-9,13,15-16,37H2,1-2H3,(H3,38,39,41)/t24-,25?,30-,32+,33-,34-/m1/s1. The smallest absolute Gasteiger partial charge is 0.229 e. The first-order chi connectivity index (χ1) is 24.4. The highest BCUT2D eigenvalue weighted by Crippen LogP contribution is 2.49. The molecule has 15 nitrogen and oxygen atoms in total. The molecule has 0 bridgehead atoms. The summed E-state index contributed by atoms with van der Waals surface area (Å²) in [6, 6.07) is 4.36. The number of ether oxygens (including phenoxy) is 3. The van der Waals surface area contributed by atoms with Gasteiger partial charge in [0.05, 0.1) is 31.0 Å². The lowest BCUT2D eigenvalue weighted by atomic mass is 9.64. The number of rotatable bonds is 9. The first-order valence-corrected chi connectivity index (χ1v) is 17.0. The van der Waals surface area contributed by atoms with Gasteiger partial charge in [-0.15, -0.1) is 0 Å². The van der Waals surface area contributed by atoms with Crippen molar-refractivity contribution >= 4 is 17.5 Å². The number of nitrogens with two attached hydrogens (primary N) is 2. The van der Waals surface area contributed by atoms with Crippen molar-refractivity contribution in [2.45, 2.75) is 81.9 Å². The maximum Gasteiger partial charge on any atom is 0.229 e. The predicted molar refractivity (Wildman–Crippen MR) is 184 cm³/mol. The first kappa shape index (κ1) is 36.3. The quantitative estimate of drug-likeness (QED) is 0.107. The van der Waals surface area contributed by atoms with Crippen molar-refractivity contribution in [2.24, 2.45) is 21.9 Å². The van der Waals surface area contributed by atoms with Gasteiger partial charge in [-0.2, -0.15) is 0 Å². The molecule has 2 aliphatic heterocycles. The summed E-state index contributed by atoms with van der Waals surface area (Å²) in [6.45, 7) is -0.706. The molecule has 2 heterocycles. The second-order valence-corrected chi connectivity index (χ2v) is 13.4. The number of aliphatic imine (C=N–C) groups is 1. The molecule has 2 aliphatic carbocycles. The van der Waals surface area contributed by atoms with Crippen molar-refractivity contribution in [1.29, 1.82) is 0 Å². The number of phenolic OH excluding ortho intramolecular Hbond substituents is 1. The molecule has 2 aromatic carbocycles. The summed E-state index contributed by atoms with van der Waals surface area (Å²) in [6.07, 6.45) is 2.61. The number of nitrogens with one attached hydrogen (secondary N) is 2. The zero-order valence-corrected chi connectivity index (χ0v) is 28.5.